The van der Waals surface area contributed by atoms with Gasteiger partial charge >= 0.3 is 0 Å². The third-order valence-electron chi connectivity index (χ3n) is 3.09. The number of hydrogen-bond acceptors (Lipinski definition) is 2. The highest BCUT2D eigenvalue weighted by Gasteiger charge is 2.03. The first-order chi connectivity index (χ1) is 10.6. The first-order valence-corrected chi connectivity index (χ1v) is 7.70. The first-order valence-electron chi connectivity index (χ1n) is 7.32. The van der Waals surface area contributed by atoms with Crippen LogP contribution in [0.3, 0.4) is 0 Å². The highest BCUT2D eigenvalue weighted by atomic mass is 127. The second-order valence-electron chi connectivity index (χ2n) is 5.47. The fourth-order valence-corrected chi connectivity index (χ4v) is 2.02. The minimum atomic E-state index is 0. The van der Waals surface area contributed by atoms with E-state index < -0.39 is 0 Å². The number of halogens is 2. The predicted molar refractivity (Wildman–Crippen MR) is 107 cm³/mol. The molecule has 0 bridgehead atoms. The number of benzene rings is 1. The summed E-state index contributed by atoms with van der Waals surface area (Å²) in [5.41, 5.74) is 2.07. The Morgan fingerprint density at radius 3 is 2.57 bits per heavy atom. The Morgan fingerprint density at radius 1 is 1.26 bits per heavy atom. The van der Waals surface area contributed by atoms with Crippen LogP contribution in [0.15, 0.2) is 41.7 Å². The van der Waals surface area contributed by atoms with Gasteiger partial charge in [0.05, 0.1) is 11.9 Å². The fourth-order valence-electron chi connectivity index (χ4n) is 1.89. The maximum absolute atomic E-state index is 5.90. The highest BCUT2D eigenvalue weighted by molar-refractivity contribution is 14.0. The molecule has 0 spiro atoms. The van der Waals surface area contributed by atoms with Gasteiger partial charge in [-0.2, -0.15) is 5.10 Å². The van der Waals surface area contributed by atoms with E-state index in [0.29, 0.717) is 12.5 Å². The van der Waals surface area contributed by atoms with Crippen molar-refractivity contribution >= 4 is 41.5 Å². The Labute approximate surface area is 159 Å². The molecule has 0 amide bonds. The van der Waals surface area contributed by atoms with Crippen molar-refractivity contribution in [2.75, 3.05) is 13.6 Å². The molecule has 1 aromatic carbocycles. The molecule has 1 heterocycles. The van der Waals surface area contributed by atoms with Crippen LogP contribution in [0.25, 0.3) is 5.69 Å². The monoisotopic (exact) mass is 447 g/mol. The molecule has 0 saturated heterocycles. The summed E-state index contributed by atoms with van der Waals surface area (Å²) in [5.74, 6) is 1.37. The number of nitrogens with zero attached hydrogens (tertiary/aromatic N) is 3. The standard InChI is InChI=1S/C16H22ClN5.HI/c1-12(2)8-19-16(18-3)20-9-13-10-21-22(11-13)15-6-4-14(17)5-7-15;/h4-7,10-12H,8-9H2,1-3H3,(H2,18,19,20);1H. The van der Waals surface area contributed by atoms with Crippen LogP contribution in [0, 0.1) is 5.92 Å². The van der Waals surface area contributed by atoms with E-state index in [1.54, 1.807) is 7.05 Å². The molecule has 7 heteroatoms. The van der Waals surface area contributed by atoms with Crippen LogP contribution in [-0.4, -0.2) is 29.3 Å². The molecule has 0 unspecified atom stereocenters. The largest absolute Gasteiger partial charge is 0.356 e. The predicted octanol–water partition coefficient (Wildman–Crippen LogP) is 3.46. The van der Waals surface area contributed by atoms with Gasteiger partial charge in [-0.25, -0.2) is 4.68 Å². The Balaban J connectivity index is 0.00000264. The number of rotatable bonds is 5. The van der Waals surface area contributed by atoms with E-state index in [-0.39, 0.29) is 24.0 Å². The zero-order chi connectivity index (χ0) is 15.9. The van der Waals surface area contributed by atoms with Crippen molar-refractivity contribution in [1.82, 2.24) is 20.4 Å². The number of nitrogens with one attached hydrogen (secondary N) is 2. The van der Waals surface area contributed by atoms with E-state index in [9.17, 15) is 0 Å². The van der Waals surface area contributed by atoms with E-state index in [2.05, 4.69) is 34.6 Å². The van der Waals surface area contributed by atoms with Gasteiger partial charge in [0, 0.05) is 36.9 Å². The Kier molecular flexibility index (Phi) is 8.40. The fraction of sp³-hybridized carbons (Fsp3) is 0.375. The quantitative estimate of drug-likeness (QED) is 0.419. The van der Waals surface area contributed by atoms with Crippen molar-refractivity contribution in [1.29, 1.82) is 0 Å². The molecule has 1 aromatic heterocycles. The third kappa shape index (κ3) is 6.39. The summed E-state index contributed by atoms with van der Waals surface area (Å²) in [6, 6.07) is 7.59. The maximum atomic E-state index is 5.90. The molecule has 126 valence electrons. The van der Waals surface area contributed by atoms with E-state index in [1.165, 1.54) is 0 Å². The van der Waals surface area contributed by atoms with Gasteiger partial charge in [-0.15, -0.1) is 24.0 Å². The van der Waals surface area contributed by atoms with Gasteiger partial charge in [-0.3, -0.25) is 4.99 Å². The van der Waals surface area contributed by atoms with Gasteiger partial charge in [0.2, 0.25) is 0 Å². The van der Waals surface area contributed by atoms with Crippen LogP contribution in [0.1, 0.15) is 19.4 Å². The normalized spacial score (nSPS) is 11.3. The zero-order valence-corrected chi connectivity index (χ0v) is 16.7. The lowest BCUT2D eigenvalue weighted by Gasteiger charge is -2.12. The van der Waals surface area contributed by atoms with Crippen molar-refractivity contribution < 1.29 is 0 Å². The molecule has 0 radical (unpaired) electrons. The summed E-state index contributed by atoms with van der Waals surface area (Å²) in [6.45, 7) is 5.89. The maximum Gasteiger partial charge on any atom is 0.191 e. The topological polar surface area (TPSA) is 54.2 Å². The summed E-state index contributed by atoms with van der Waals surface area (Å²) in [7, 11) is 1.77. The van der Waals surface area contributed by atoms with Crippen molar-refractivity contribution in [2.24, 2.45) is 10.9 Å². The van der Waals surface area contributed by atoms with Crippen molar-refractivity contribution in [2.45, 2.75) is 20.4 Å². The van der Waals surface area contributed by atoms with Gasteiger partial charge in [0.1, 0.15) is 0 Å². The number of aliphatic imine (C=N–C) groups is 1. The number of guanidine groups is 1. The van der Waals surface area contributed by atoms with Crippen LogP contribution < -0.4 is 10.6 Å². The average molecular weight is 448 g/mol. The lowest BCUT2D eigenvalue weighted by Crippen LogP contribution is -2.38. The summed E-state index contributed by atoms with van der Waals surface area (Å²) in [5, 5.41) is 11.6. The summed E-state index contributed by atoms with van der Waals surface area (Å²) < 4.78 is 1.83. The molecule has 2 rings (SSSR count). The first kappa shape index (κ1) is 19.8. The van der Waals surface area contributed by atoms with Crippen LogP contribution in [0.2, 0.25) is 5.02 Å². The molecule has 0 saturated carbocycles. The van der Waals surface area contributed by atoms with Crippen molar-refractivity contribution in [3.8, 4) is 5.69 Å². The van der Waals surface area contributed by atoms with Gasteiger partial charge in [-0.1, -0.05) is 25.4 Å². The molecule has 23 heavy (non-hydrogen) atoms. The molecule has 0 fully saturated rings. The second-order valence-corrected chi connectivity index (χ2v) is 5.91. The van der Waals surface area contributed by atoms with Gasteiger partial charge in [0.25, 0.3) is 0 Å². The average Bonchev–Trinajstić information content (AvgIpc) is 2.97. The molecule has 2 aromatic rings. The van der Waals surface area contributed by atoms with Crippen LogP contribution in [-0.2, 0) is 6.54 Å². The lowest BCUT2D eigenvalue weighted by atomic mass is 10.2. The van der Waals surface area contributed by atoms with Crippen LogP contribution >= 0.6 is 35.6 Å². The van der Waals surface area contributed by atoms with Gasteiger partial charge in [-0.05, 0) is 30.2 Å². The summed E-state index contributed by atoms with van der Waals surface area (Å²) in [6.07, 6.45) is 3.84. The van der Waals surface area contributed by atoms with Crippen LogP contribution in [0.5, 0.6) is 0 Å². The number of hydrogen-bond donors (Lipinski definition) is 2. The lowest BCUT2D eigenvalue weighted by molar-refractivity contribution is 0.614. The van der Waals surface area contributed by atoms with E-state index in [1.807, 2.05) is 41.3 Å². The summed E-state index contributed by atoms with van der Waals surface area (Å²) >= 11 is 5.90. The molecule has 0 aliphatic carbocycles. The Bertz CT molecular complexity index is 622. The van der Waals surface area contributed by atoms with Gasteiger partial charge < -0.3 is 10.6 Å². The molecule has 5 nitrogen and oxygen atoms in total. The molecular formula is C16H23ClIN5. The van der Waals surface area contributed by atoms with E-state index >= 15 is 0 Å². The molecule has 2 N–H and O–H groups in total. The minimum absolute atomic E-state index is 0. The third-order valence-corrected chi connectivity index (χ3v) is 3.34. The van der Waals surface area contributed by atoms with E-state index in [0.717, 1.165) is 28.8 Å². The van der Waals surface area contributed by atoms with Crippen molar-refractivity contribution in [3.05, 3.63) is 47.2 Å². The molecule has 0 aliphatic rings. The van der Waals surface area contributed by atoms with Crippen molar-refractivity contribution in [3.63, 3.8) is 0 Å². The Morgan fingerprint density at radius 2 is 1.96 bits per heavy atom. The second kappa shape index (κ2) is 9.77. The van der Waals surface area contributed by atoms with Gasteiger partial charge in [0.15, 0.2) is 5.96 Å². The van der Waals surface area contributed by atoms with Crippen LogP contribution in [0.4, 0.5) is 0 Å². The molecule has 0 aliphatic heterocycles. The molecular weight excluding hydrogens is 425 g/mol. The molecule has 0 atom stereocenters. The minimum Gasteiger partial charge on any atom is -0.356 e. The number of aromatic nitrogens is 2. The van der Waals surface area contributed by atoms with E-state index in [4.69, 9.17) is 11.6 Å². The SMILES string of the molecule is CN=C(NCc1cnn(-c2ccc(Cl)cc2)c1)NCC(C)C.I. The summed E-state index contributed by atoms with van der Waals surface area (Å²) in [4.78, 5) is 4.20. The zero-order valence-electron chi connectivity index (χ0n) is 13.6. The highest BCUT2D eigenvalue weighted by Crippen LogP contribution is 2.13. The smallest absolute Gasteiger partial charge is 0.191 e. The Hall–Kier alpha value is -1.28.